The number of halogens is 1. The zero-order valence-corrected chi connectivity index (χ0v) is 16.9. The van der Waals surface area contributed by atoms with Gasteiger partial charge in [0.05, 0.1) is 18.0 Å². The number of ether oxygens (including phenoxy) is 1. The molecule has 0 bridgehead atoms. The summed E-state index contributed by atoms with van der Waals surface area (Å²) >= 11 is 0. The molecule has 2 aromatic heterocycles. The van der Waals surface area contributed by atoms with Crippen molar-refractivity contribution < 1.29 is 4.74 Å². The molecule has 0 amide bonds. The molecule has 1 N–H and O–H groups in total. The summed E-state index contributed by atoms with van der Waals surface area (Å²) in [6.07, 6.45) is 3.03. The number of rotatable bonds is 6. The van der Waals surface area contributed by atoms with Gasteiger partial charge in [0, 0.05) is 25.5 Å². The third-order valence-electron chi connectivity index (χ3n) is 4.75. The summed E-state index contributed by atoms with van der Waals surface area (Å²) in [7, 11) is 1.69. The van der Waals surface area contributed by atoms with E-state index in [1.165, 1.54) is 16.7 Å². The molecule has 3 rings (SSSR count). The van der Waals surface area contributed by atoms with Gasteiger partial charge in [0.15, 0.2) is 11.5 Å². The highest BCUT2D eigenvalue weighted by molar-refractivity contribution is 5.85. The number of methoxy groups -OCH3 is 1. The maximum absolute atomic E-state index is 5.27. The summed E-state index contributed by atoms with van der Waals surface area (Å²) in [4.78, 5) is 9.41. The van der Waals surface area contributed by atoms with Gasteiger partial charge < -0.3 is 10.1 Å². The third-order valence-corrected chi connectivity index (χ3v) is 4.75. The molecule has 6 heteroatoms. The number of hydrogen-bond acceptors (Lipinski definition) is 4. The van der Waals surface area contributed by atoms with Gasteiger partial charge in [-0.05, 0) is 43.9 Å². The second-order valence-electron chi connectivity index (χ2n) is 6.41. The van der Waals surface area contributed by atoms with Gasteiger partial charge in [-0.25, -0.2) is 9.97 Å². The van der Waals surface area contributed by atoms with Crippen LogP contribution < -0.4 is 5.32 Å². The second-order valence-corrected chi connectivity index (χ2v) is 6.41. The summed E-state index contributed by atoms with van der Waals surface area (Å²) in [5, 5.41) is 3.51. The van der Waals surface area contributed by atoms with Crippen molar-refractivity contribution in [1.29, 1.82) is 0 Å². The van der Waals surface area contributed by atoms with Crippen LogP contribution in [0, 0.1) is 20.8 Å². The molecule has 0 fully saturated rings. The Kier molecular flexibility index (Phi) is 6.62. The number of benzene rings is 1. The molecule has 26 heavy (non-hydrogen) atoms. The predicted octanol–water partition coefficient (Wildman–Crippen LogP) is 4.40. The molecule has 0 radical (unpaired) electrons. The smallest absolute Gasteiger partial charge is 0.180 e. The SMILES string of the molecule is CCc1cccc(C)c1CNc1nc(COC)cn2c(C)c(C)nc12.Cl. The minimum Gasteiger partial charge on any atom is -0.378 e. The Balaban J connectivity index is 0.00000243. The summed E-state index contributed by atoms with van der Waals surface area (Å²) in [6, 6.07) is 6.47. The Morgan fingerprint density at radius 3 is 2.62 bits per heavy atom. The van der Waals surface area contributed by atoms with Gasteiger partial charge >= 0.3 is 0 Å². The third kappa shape index (κ3) is 3.84. The molecule has 5 nitrogen and oxygen atoms in total. The molecule has 0 saturated carbocycles. The summed E-state index contributed by atoms with van der Waals surface area (Å²) in [5.41, 5.74) is 7.90. The van der Waals surface area contributed by atoms with E-state index in [9.17, 15) is 0 Å². The van der Waals surface area contributed by atoms with Crippen LogP contribution in [0.1, 0.15) is 40.7 Å². The molecule has 0 unspecified atom stereocenters. The average molecular weight is 375 g/mol. The molecule has 0 atom stereocenters. The molecule has 0 aliphatic heterocycles. The first-order chi connectivity index (χ1) is 12.0. The van der Waals surface area contributed by atoms with Crippen molar-refractivity contribution >= 4 is 23.9 Å². The number of nitrogens with one attached hydrogen (secondary N) is 1. The maximum atomic E-state index is 5.27. The standard InChI is InChI=1S/C20H26N4O.ClH/c1-6-16-9-7-8-13(2)18(16)10-21-19-20-22-14(3)15(4)24(20)11-17(23-19)12-25-5;/h7-9,11H,6,10,12H2,1-5H3,(H,21,23);1H. The highest BCUT2D eigenvalue weighted by Gasteiger charge is 2.13. The minimum absolute atomic E-state index is 0. The van der Waals surface area contributed by atoms with Crippen LogP contribution in [0.4, 0.5) is 5.82 Å². The lowest BCUT2D eigenvalue weighted by molar-refractivity contribution is 0.181. The molecular formula is C20H27ClN4O. The van der Waals surface area contributed by atoms with E-state index in [1.807, 2.05) is 13.1 Å². The topological polar surface area (TPSA) is 51.5 Å². The van der Waals surface area contributed by atoms with Crippen LogP contribution >= 0.6 is 12.4 Å². The average Bonchev–Trinajstić information content (AvgIpc) is 2.89. The first kappa shape index (κ1) is 20.2. The summed E-state index contributed by atoms with van der Waals surface area (Å²) < 4.78 is 7.37. The van der Waals surface area contributed by atoms with Crippen LogP contribution in [0.15, 0.2) is 24.4 Å². The number of nitrogens with zero attached hydrogens (tertiary/aromatic N) is 3. The Hall–Kier alpha value is -2.11. The van der Waals surface area contributed by atoms with Gasteiger partial charge in [-0.1, -0.05) is 25.1 Å². The molecule has 0 saturated heterocycles. The number of imidazole rings is 1. The quantitative estimate of drug-likeness (QED) is 0.694. The van der Waals surface area contributed by atoms with Crippen molar-refractivity contribution in [2.45, 2.75) is 47.3 Å². The maximum Gasteiger partial charge on any atom is 0.180 e. The fourth-order valence-electron chi connectivity index (χ4n) is 3.18. The molecule has 0 aliphatic rings. The van der Waals surface area contributed by atoms with Crippen LogP contribution in [0.25, 0.3) is 5.65 Å². The Bertz CT molecular complexity index is 904. The number of hydrogen-bond donors (Lipinski definition) is 1. The molecule has 0 spiro atoms. The molecule has 1 aromatic carbocycles. The number of aromatic nitrogens is 3. The van der Waals surface area contributed by atoms with Crippen LogP contribution in [0.3, 0.4) is 0 Å². The van der Waals surface area contributed by atoms with Gasteiger partial charge in [-0.2, -0.15) is 0 Å². The lowest BCUT2D eigenvalue weighted by Gasteiger charge is -2.14. The zero-order chi connectivity index (χ0) is 18.0. The predicted molar refractivity (Wildman–Crippen MR) is 108 cm³/mol. The van der Waals surface area contributed by atoms with Gasteiger partial charge in [0.1, 0.15) is 0 Å². The van der Waals surface area contributed by atoms with E-state index in [2.05, 4.69) is 53.7 Å². The Morgan fingerprint density at radius 2 is 1.92 bits per heavy atom. The van der Waals surface area contributed by atoms with Crippen molar-refractivity contribution in [1.82, 2.24) is 14.4 Å². The lowest BCUT2D eigenvalue weighted by Crippen LogP contribution is -2.09. The van der Waals surface area contributed by atoms with Gasteiger partial charge in [0.2, 0.25) is 0 Å². The fourth-order valence-corrected chi connectivity index (χ4v) is 3.18. The van der Waals surface area contributed by atoms with E-state index in [0.717, 1.165) is 41.5 Å². The van der Waals surface area contributed by atoms with Crippen molar-refractivity contribution in [3.63, 3.8) is 0 Å². The van der Waals surface area contributed by atoms with E-state index in [0.29, 0.717) is 6.61 Å². The van der Waals surface area contributed by atoms with Crippen molar-refractivity contribution in [2.24, 2.45) is 0 Å². The first-order valence-corrected chi connectivity index (χ1v) is 8.70. The molecular weight excluding hydrogens is 348 g/mol. The van der Waals surface area contributed by atoms with Gasteiger partial charge in [-0.15, -0.1) is 12.4 Å². The number of fused-ring (bicyclic) bond motifs is 1. The normalized spacial score (nSPS) is 10.8. The Labute approximate surface area is 161 Å². The molecule has 140 valence electrons. The van der Waals surface area contributed by atoms with E-state index in [-0.39, 0.29) is 12.4 Å². The zero-order valence-electron chi connectivity index (χ0n) is 16.1. The first-order valence-electron chi connectivity index (χ1n) is 8.70. The second kappa shape index (κ2) is 8.52. The lowest BCUT2D eigenvalue weighted by atomic mass is 10.00. The highest BCUT2D eigenvalue weighted by Crippen LogP contribution is 2.22. The summed E-state index contributed by atoms with van der Waals surface area (Å²) in [5.74, 6) is 0.802. The largest absolute Gasteiger partial charge is 0.378 e. The van der Waals surface area contributed by atoms with Crippen LogP contribution in [0.5, 0.6) is 0 Å². The molecule has 3 aromatic rings. The number of aryl methyl sites for hydroxylation is 4. The number of anilines is 1. The highest BCUT2D eigenvalue weighted by atomic mass is 35.5. The van der Waals surface area contributed by atoms with Crippen LogP contribution in [0.2, 0.25) is 0 Å². The molecule has 0 aliphatic carbocycles. The van der Waals surface area contributed by atoms with Crippen molar-refractivity contribution in [2.75, 3.05) is 12.4 Å². The minimum atomic E-state index is 0. The fraction of sp³-hybridized carbons (Fsp3) is 0.400. The molecule has 2 heterocycles. The van der Waals surface area contributed by atoms with Gasteiger partial charge in [0.25, 0.3) is 0 Å². The monoisotopic (exact) mass is 374 g/mol. The van der Waals surface area contributed by atoms with Crippen molar-refractivity contribution in [3.05, 3.63) is 58.2 Å². The van der Waals surface area contributed by atoms with Gasteiger partial charge in [-0.3, -0.25) is 4.40 Å². The van der Waals surface area contributed by atoms with E-state index in [1.54, 1.807) is 7.11 Å². The summed E-state index contributed by atoms with van der Waals surface area (Å²) in [6.45, 7) is 9.66. The van der Waals surface area contributed by atoms with Crippen molar-refractivity contribution in [3.8, 4) is 0 Å². The van der Waals surface area contributed by atoms with Crippen LogP contribution in [-0.4, -0.2) is 21.5 Å². The van der Waals surface area contributed by atoms with E-state index in [4.69, 9.17) is 9.72 Å². The Morgan fingerprint density at radius 1 is 1.15 bits per heavy atom. The van der Waals surface area contributed by atoms with E-state index < -0.39 is 0 Å². The van der Waals surface area contributed by atoms with Crippen LogP contribution in [-0.2, 0) is 24.3 Å². The van der Waals surface area contributed by atoms with E-state index >= 15 is 0 Å².